The van der Waals surface area contributed by atoms with Crippen molar-refractivity contribution in [2.75, 3.05) is 0 Å². The van der Waals surface area contributed by atoms with Gasteiger partial charge in [-0.3, -0.25) is 0 Å². The van der Waals surface area contributed by atoms with Crippen molar-refractivity contribution in [3.8, 4) is 0 Å². The average molecular weight is 161 g/mol. The van der Waals surface area contributed by atoms with E-state index >= 15 is 0 Å². The van der Waals surface area contributed by atoms with Gasteiger partial charge in [0.25, 0.3) is 0 Å². The fourth-order valence-corrected chi connectivity index (χ4v) is 0.844. The highest BCUT2D eigenvalue weighted by Gasteiger charge is 2.16. The Hall–Kier alpha value is 0.310. The molecule has 10 heavy (non-hydrogen) atoms. The molecule has 0 saturated heterocycles. The minimum atomic E-state index is -0.232. The fourth-order valence-electron chi connectivity index (χ4n) is 0.715. The van der Waals surface area contributed by atoms with Crippen LogP contribution >= 0.6 is 12.6 Å². The first kappa shape index (κ1) is 10.3. The second kappa shape index (κ2) is 4.24. The quantitative estimate of drug-likeness (QED) is 0.480. The van der Waals surface area contributed by atoms with Crippen molar-refractivity contribution in [2.45, 2.75) is 44.9 Å². The summed E-state index contributed by atoms with van der Waals surface area (Å²) in [6.07, 6.45) is 3.14. The van der Waals surface area contributed by atoms with Crippen LogP contribution in [0.15, 0.2) is 0 Å². The molecule has 62 valence electrons. The summed E-state index contributed by atoms with van der Waals surface area (Å²) in [6, 6.07) is 0. The Morgan fingerprint density at radius 1 is 1.50 bits per heavy atom. The van der Waals surface area contributed by atoms with E-state index < -0.39 is 0 Å². The third-order valence-corrected chi connectivity index (χ3v) is 2.31. The van der Waals surface area contributed by atoms with Gasteiger partial charge in [0.2, 0.25) is 0 Å². The molecule has 0 aliphatic heterocycles. The lowest BCUT2D eigenvalue weighted by atomic mass is 10.0. The number of thiol groups is 1. The van der Waals surface area contributed by atoms with Crippen LogP contribution in [-0.2, 0) is 0 Å². The maximum Gasteiger partial charge on any atom is 0.0588 e. The van der Waals surface area contributed by atoms with Crippen LogP contribution in [0.2, 0.25) is 0 Å². The summed E-state index contributed by atoms with van der Waals surface area (Å²) in [5, 5.41) is 0. The molecule has 0 aliphatic carbocycles. The van der Waals surface area contributed by atoms with E-state index in [9.17, 15) is 0 Å². The van der Waals surface area contributed by atoms with Crippen molar-refractivity contribution in [1.29, 1.82) is 0 Å². The molecule has 2 heteroatoms. The molecule has 0 radical (unpaired) electrons. The molecule has 0 aromatic rings. The maximum absolute atomic E-state index is 5.83. The summed E-state index contributed by atoms with van der Waals surface area (Å²) < 4.78 is 0. The molecule has 2 N–H and O–H groups in total. The molecule has 0 aliphatic rings. The van der Waals surface area contributed by atoms with E-state index in [0.717, 1.165) is 18.8 Å². The molecule has 0 fully saturated rings. The van der Waals surface area contributed by atoms with Crippen molar-refractivity contribution in [3.63, 3.8) is 0 Å². The Labute approximate surface area is 69.8 Å². The van der Waals surface area contributed by atoms with E-state index in [2.05, 4.69) is 33.4 Å². The molecule has 0 bridgehead atoms. The van der Waals surface area contributed by atoms with E-state index in [1.54, 1.807) is 0 Å². The molecule has 0 amide bonds. The lowest BCUT2D eigenvalue weighted by Gasteiger charge is -2.22. The second-order valence-electron chi connectivity index (χ2n) is 3.39. The lowest BCUT2D eigenvalue weighted by Crippen LogP contribution is -2.32. The van der Waals surface area contributed by atoms with Crippen LogP contribution in [0.4, 0.5) is 0 Å². The van der Waals surface area contributed by atoms with Crippen LogP contribution in [-0.4, -0.2) is 4.87 Å². The summed E-state index contributed by atoms with van der Waals surface area (Å²) in [6.45, 7) is 6.49. The van der Waals surface area contributed by atoms with Gasteiger partial charge in [0.15, 0.2) is 0 Å². The highest BCUT2D eigenvalue weighted by molar-refractivity contribution is 7.81. The SMILES string of the molecule is CCC(N)(S)CCC(C)C. The minimum absolute atomic E-state index is 0.232. The van der Waals surface area contributed by atoms with Crippen LogP contribution in [0.5, 0.6) is 0 Å². The normalized spacial score (nSPS) is 17.4. The molecular formula is C8H19NS. The summed E-state index contributed by atoms with van der Waals surface area (Å²) in [5.41, 5.74) is 5.83. The lowest BCUT2D eigenvalue weighted by molar-refractivity contribution is 0.462. The first-order chi connectivity index (χ1) is 4.48. The predicted molar refractivity (Wildman–Crippen MR) is 50.3 cm³/mol. The van der Waals surface area contributed by atoms with E-state index in [1.165, 1.54) is 6.42 Å². The first-order valence-electron chi connectivity index (χ1n) is 3.99. The number of hydrogen-bond donors (Lipinski definition) is 2. The zero-order valence-corrected chi connectivity index (χ0v) is 8.12. The van der Waals surface area contributed by atoms with Gasteiger partial charge in [-0.1, -0.05) is 20.8 Å². The third-order valence-electron chi connectivity index (χ3n) is 1.77. The number of hydrogen-bond acceptors (Lipinski definition) is 2. The molecule has 0 saturated carbocycles. The van der Waals surface area contributed by atoms with Gasteiger partial charge in [0, 0.05) is 0 Å². The second-order valence-corrected chi connectivity index (χ2v) is 4.28. The summed E-state index contributed by atoms with van der Waals surface area (Å²) >= 11 is 4.34. The highest BCUT2D eigenvalue weighted by atomic mass is 32.1. The van der Waals surface area contributed by atoms with Gasteiger partial charge in [-0.05, 0) is 25.2 Å². The third kappa shape index (κ3) is 5.12. The van der Waals surface area contributed by atoms with Crippen LogP contribution in [0.1, 0.15) is 40.0 Å². The van der Waals surface area contributed by atoms with E-state index in [4.69, 9.17) is 5.73 Å². The van der Waals surface area contributed by atoms with Gasteiger partial charge in [-0.15, -0.1) is 0 Å². The molecule has 0 spiro atoms. The molecule has 0 aromatic carbocycles. The molecule has 1 unspecified atom stereocenters. The van der Waals surface area contributed by atoms with Gasteiger partial charge in [-0.25, -0.2) is 0 Å². The smallest absolute Gasteiger partial charge is 0.0588 e. The largest absolute Gasteiger partial charge is 0.317 e. The van der Waals surface area contributed by atoms with Gasteiger partial charge in [0.05, 0.1) is 4.87 Å². The van der Waals surface area contributed by atoms with E-state index in [1.807, 2.05) is 0 Å². The monoisotopic (exact) mass is 161 g/mol. The maximum atomic E-state index is 5.83. The standard InChI is InChI=1S/C8H19NS/c1-4-8(9,10)6-5-7(2)3/h7,10H,4-6,9H2,1-3H3. The van der Waals surface area contributed by atoms with Gasteiger partial charge in [0.1, 0.15) is 0 Å². The summed E-state index contributed by atoms with van der Waals surface area (Å²) in [7, 11) is 0. The molecule has 0 heterocycles. The Bertz CT molecular complexity index is 89.3. The highest BCUT2D eigenvalue weighted by Crippen LogP contribution is 2.20. The van der Waals surface area contributed by atoms with Gasteiger partial charge >= 0.3 is 0 Å². The predicted octanol–water partition coefficient (Wildman–Crippen LogP) is 2.42. The molecule has 0 aromatic heterocycles. The first-order valence-corrected chi connectivity index (χ1v) is 4.44. The van der Waals surface area contributed by atoms with Crippen LogP contribution in [0.25, 0.3) is 0 Å². The van der Waals surface area contributed by atoms with Gasteiger partial charge < -0.3 is 5.73 Å². The number of nitrogens with two attached hydrogens (primary N) is 1. The number of rotatable bonds is 4. The Balaban J connectivity index is 3.46. The van der Waals surface area contributed by atoms with Crippen molar-refractivity contribution in [1.82, 2.24) is 0 Å². The van der Waals surface area contributed by atoms with Crippen molar-refractivity contribution < 1.29 is 0 Å². The Kier molecular flexibility index (Phi) is 4.37. The zero-order valence-electron chi connectivity index (χ0n) is 7.22. The van der Waals surface area contributed by atoms with Crippen molar-refractivity contribution in [3.05, 3.63) is 0 Å². The molecule has 1 nitrogen and oxygen atoms in total. The van der Waals surface area contributed by atoms with E-state index in [0.29, 0.717) is 0 Å². The average Bonchev–Trinajstić information content (AvgIpc) is 1.85. The topological polar surface area (TPSA) is 26.0 Å². The van der Waals surface area contributed by atoms with Crippen LogP contribution in [0.3, 0.4) is 0 Å². The van der Waals surface area contributed by atoms with Crippen LogP contribution in [0, 0.1) is 5.92 Å². The van der Waals surface area contributed by atoms with E-state index in [-0.39, 0.29) is 4.87 Å². The zero-order chi connectivity index (χ0) is 8.20. The Morgan fingerprint density at radius 2 is 2.00 bits per heavy atom. The summed E-state index contributed by atoms with van der Waals surface area (Å²) in [5.74, 6) is 0.738. The van der Waals surface area contributed by atoms with Crippen molar-refractivity contribution in [2.24, 2.45) is 11.7 Å². The molecule has 1 atom stereocenters. The summed E-state index contributed by atoms with van der Waals surface area (Å²) in [4.78, 5) is -0.232. The van der Waals surface area contributed by atoms with Crippen LogP contribution < -0.4 is 5.73 Å². The molecule has 0 rings (SSSR count). The fraction of sp³-hybridized carbons (Fsp3) is 1.00. The van der Waals surface area contributed by atoms with Crippen molar-refractivity contribution >= 4 is 12.6 Å². The molecular weight excluding hydrogens is 142 g/mol. The minimum Gasteiger partial charge on any atom is -0.317 e. The van der Waals surface area contributed by atoms with Gasteiger partial charge in [-0.2, -0.15) is 12.6 Å². The Morgan fingerprint density at radius 3 is 2.30 bits per heavy atom.